The van der Waals surface area contributed by atoms with E-state index in [9.17, 15) is 9.59 Å². The van der Waals surface area contributed by atoms with Gasteiger partial charge in [-0.25, -0.2) is 4.98 Å². The van der Waals surface area contributed by atoms with Gasteiger partial charge in [0.05, 0.1) is 13.5 Å². The van der Waals surface area contributed by atoms with E-state index in [1.54, 1.807) is 38.6 Å². The molecule has 0 unspecified atom stereocenters. The number of likely N-dealkylation sites (N-methyl/N-ethyl adjacent to an activating group) is 1. The van der Waals surface area contributed by atoms with Crippen molar-refractivity contribution in [3.05, 3.63) is 40.9 Å². The highest BCUT2D eigenvalue weighted by Crippen LogP contribution is 2.23. The van der Waals surface area contributed by atoms with Crippen LogP contribution in [0.25, 0.3) is 0 Å². The molecule has 0 aliphatic carbocycles. The number of methoxy groups -OCH3 is 1. The zero-order valence-corrected chi connectivity index (χ0v) is 12.9. The summed E-state index contributed by atoms with van der Waals surface area (Å²) in [6.07, 6.45) is 1.81. The summed E-state index contributed by atoms with van der Waals surface area (Å²) in [7, 11) is 3.23. The molecule has 0 aliphatic rings. The van der Waals surface area contributed by atoms with Crippen LogP contribution in [0.15, 0.2) is 29.8 Å². The fourth-order valence-electron chi connectivity index (χ4n) is 1.91. The zero-order valence-electron chi connectivity index (χ0n) is 12.1. The zero-order chi connectivity index (χ0) is 15.4. The predicted octanol–water partition coefficient (Wildman–Crippen LogP) is 2.56. The van der Waals surface area contributed by atoms with Crippen molar-refractivity contribution in [2.45, 2.75) is 13.3 Å². The van der Waals surface area contributed by atoms with Gasteiger partial charge in [-0.1, -0.05) is 0 Å². The highest BCUT2D eigenvalue weighted by molar-refractivity contribution is 7.13. The molecule has 1 heterocycles. The van der Waals surface area contributed by atoms with Crippen molar-refractivity contribution in [1.29, 1.82) is 0 Å². The average molecular weight is 304 g/mol. The first-order valence-electron chi connectivity index (χ1n) is 6.37. The van der Waals surface area contributed by atoms with Crippen LogP contribution in [0.4, 0.5) is 5.13 Å². The van der Waals surface area contributed by atoms with E-state index in [4.69, 9.17) is 4.74 Å². The Labute approximate surface area is 127 Å². The molecule has 6 heteroatoms. The predicted molar refractivity (Wildman–Crippen MR) is 82.2 cm³/mol. The Morgan fingerprint density at radius 3 is 2.71 bits per heavy atom. The highest BCUT2D eigenvalue weighted by atomic mass is 32.1. The lowest BCUT2D eigenvalue weighted by molar-refractivity contribution is -0.117. The monoisotopic (exact) mass is 304 g/mol. The molecule has 1 amide bonds. The molecule has 0 N–H and O–H groups in total. The minimum absolute atomic E-state index is 0.0420. The smallest absolute Gasteiger partial charge is 0.233 e. The second-order valence-corrected chi connectivity index (χ2v) is 5.40. The van der Waals surface area contributed by atoms with Crippen molar-refractivity contribution < 1.29 is 14.3 Å². The number of nitrogens with zero attached hydrogens (tertiary/aromatic N) is 2. The molecule has 1 aromatic carbocycles. The van der Waals surface area contributed by atoms with Gasteiger partial charge in [-0.05, 0) is 25.1 Å². The Hall–Kier alpha value is -2.21. The largest absolute Gasteiger partial charge is 0.496 e. The van der Waals surface area contributed by atoms with E-state index < -0.39 is 0 Å². The first kappa shape index (κ1) is 15.2. The summed E-state index contributed by atoms with van der Waals surface area (Å²) in [6, 6.07) is 5.11. The van der Waals surface area contributed by atoms with Crippen LogP contribution < -0.4 is 9.64 Å². The van der Waals surface area contributed by atoms with Gasteiger partial charge >= 0.3 is 0 Å². The number of hydrogen-bond acceptors (Lipinski definition) is 5. The van der Waals surface area contributed by atoms with Crippen LogP contribution in [0, 0.1) is 0 Å². The third kappa shape index (κ3) is 3.46. The first-order chi connectivity index (χ1) is 10.0. The lowest BCUT2D eigenvalue weighted by Gasteiger charge is -2.15. The van der Waals surface area contributed by atoms with Gasteiger partial charge in [-0.2, -0.15) is 0 Å². The van der Waals surface area contributed by atoms with Gasteiger partial charge in [0, 0.05) is 29.8 Å². The van der Waals surface area contributed by atoms with Gasteiger partial charge in [0.25, 0.3) is 0 Å². The second-order valence-electron chi connectivity index (χ2n) is 4.53. The molecule has 2 rings (SSSR count). The average Bonchev–Trinajstić information content (AvgIpc) is 3.00. The van der Waals surface area contributed by atoms with Crippen LogP contribution in [0.1, 0.15) is 22.8 Å². The molecule has 0 bridgehead atoms. The molecule has 110 valence electrons. The van der Waals surface area contributed by atoms with Crippen LogP contribution in [0.2, 0.25) is 0 Å². The van der Waals surface area contributed by atoms with Crippen molar-refractivity contribution >= 4 is 28.2 Å². The number of carbonyl (C=O) groups is 2. The summed E-state index contributed by atoms with van der Waals surface area (Å²) in [4.78, 5) is 29.4. The van der Waals surface area contributed by atoms with Gasteiger partial charge in [-0.15, -0.1) is 11.3 Å². The third-order valence-corrected chi connectivity index (χ3v) is 3.96. The van der Waals surface area contributed by atoms with Gasteiger partial charge in [-0.3, -0.25) is 14.5 Å². The maximum Gasteiger partial charge on any atom is 0.233 e. The number of thiazole rings is 1. The number of Topliss-reactive ketones (excluding diaryl/α,β-unsaturated/α-hetero) is 1. The van der Waals surface area contributed by atoms with E-state index in [2.05, 4.69) is 4.98 Å². The van der Waals surface area contributed by atoms with Gasteiger partial charge in [0.15, 0.2) is 10.9 Å². The Balaban J connectivity index is 2.23. The second kappa shape index (κ2) is 6.49. The fourth-order valence-corrected chi connectivity index (χ4v) is 2.53. The van der Waals surface area contributed by atoms with Crippen molar-refractivity contribution in [3.63, 3.8) is 0 Å². The Morgan fingerprint density at radius 2 is 2.14 bits per heavy atom. The summed E-state index contributed by atoms with van der Waals surface area (Å²) < 4.78 is 5.26. The molecule has 0 saturated carbocycles. The minimum atomic E-state index is -0.107. The molecule has 0 aliphatic heterocycles. The van der Waals surface area contributed by atoms with Crippen molar-refractivity contribution in [2.24, 2.45) is 0 Å². The normalized spacial score (nSPS) is 10.2. The molecule has 0 atom stereocenters. The molecular formula is C15H16N2O3S. The molecule has 5 nitrogen and oxygen atoms in total. The van der Waals surface area contributed by atoms with Crippen LogP contribution in [-0.2, 0) is 11.2 Å². The number of ketones is 1. The number of benzene rings is 1. The SMILES string of the molecule is COc1ccc(C(C)=O)cc1CC(=O)N(C)c1nccs1. The maximum atomic E-state index is 12.3. The van der Waals surface area contributed by atoms with Crippen LogP contribution in [0.5, 0.6) is 5.75 Å². The van der Waals surface area contributed by atoms with Gasteiger partial charge in [0.1, 0.15) is 5.75 Å². The third-order valence-electron chi connectivity index (χ3n) is 3.11. The summed E-state index contributed by atoms with van der Waals surface area (Å²) in [5, 5.41) is 2.46. The first-order valence-corrected chi connectivity index (χ1v) is 7.24. The molecule has 0 spiro atoms. The molecule has 21 heavy (non-hydrogen) atoms. The minimum Gasteiger partial charge on any atom is -0.496 e. The Kier molecular flexibility index (Phi) is 4.70. The summed E-state index contributed by atoms with van der Waals surface area (Å²) in [6.45, 7) is 1.50. The number of ether oxygens (including phenoxy) is 1. The van der Waals surface area contributed by atoms with Gasteiger partial charge in [0.2, 0.25) is 5.91 Å². The quantitative estimate of drug-likeness (QED) is 0.797. The number of rotatable bonds is 5. The van der Waals surface area contributed by atoms with Gasteiger partial charge < -0.3 is 4.74 Å². The summed E-state index contributed by atoms with van der Waals surface area (Å²) in [5.41, 5.74) is 1.26. The molecule has 2 aromatic rings. The van der Waals surface area contributed by atoms with E-state index >= 15 is 0 Å². The Morgan fingerprint density at radius 1 is 1.38 bits per heavy atom. The number of aromatic nitrogens is 1. The number of amides is 1. The highest BCUT2D eigenvalue weighted by Gasteiger charge is 2.17. The van der Waals surface area contributed by atoms with E-state index in [0.29, 0.717) is 22.0 Å². The van der Waals surface area contributed by atoms with Crippen LogP contribution in [-0.4, -0.2) is 30.8 Å². The molecule has 0 radical (unpaired) electrons. The number of anilines is 1. The topological polar surface area (TPSA) is 59.5 Å². The number of carbonyl (C=O) groups excluding carboxylic acids is 2. The summed E-state index contributed by atoms with van der Waals surface area (Å²) in [5.74, 6) is 0.449. The lowest BCUT2D eigenvalue weighted by Crippen LogP contribution is -2.27. The molecular weight excluding hydrogens is 288 g/mol. The lowest BCUT2D eigenvalue weighted by atomic mass is 10.0. The van der Waals surface area contributed by atoms with E-state index in [1.165, 1.54) is 23.2 Å². The molecule has 1 aromatic heterocycles. The van der Waals surface area contributed by atoms with Crippen LogP contribution >= 0.6 is 11.3 Å². The standard InChI is InChI=1S/C15H16N2O3S/c1-10(18)11-4-5-13(20-3)12(8-11)9-14(19)17(2)15-16-6-7-21-15/h4-8H,9H2,1-3H3. The van der Waals surface area contributed by atoms with Crippen molar-refractivity contribution in [1.82, 2.24) is 4.98 Å². The van der Waals surface area contributed by atoms with E-state index in [1.807, 2.05) is 5.38 Å². The summed E-state index contributed by atoms with van der Waals surface area (Å²) >= 11 is 1.40. The molecule has 0 fully saturated rings. The molecule has 0 saturated heterocycles. The van der Waals surface area contributed by atoms with Crippen LogP contribution in [0.3, 0.4) is 0 Å². The number of hydrogen-bond donors (Lipinski definition) is 0. The Bertz CT molecular complexity index is 653. The maximum absolute atomic E-state index is 12.3. The van der Waals surface area contributed by atoms with Crippen molar-refractivity contribution in [2.75, 3.05) is 19.1 Å². The fraction of sp³-hybridized carbons (Fsp3) is 0.267. The van der Waals surface area contributed by atoms with Crippen molar-refractivity contribution in [3.8, 4) is 5.75 Å². The van der Waals surface area contributed by atoms with E-state index in [-0.39, 0.29) is 18.1 Å². The van der Waals surface area contributed by atoms with E-state index in [0.717, 1.165) is 0 Å².